The first-order valence-corrected chi connectivity index (χ1v) is 7.91. The molecular formula is C22H20O2. The second-order valence-corrected chi connectivity index (χ2v) is 5.63. The summed E-state index contributed by atoms with van der Waals surface area (Å²) in [6.07, 6.45) is 0. The lowest BCUT2D eigenvalue weighted by molar-refractivity contribution is 0.0140. The van der Waals surface area contributed by atoms with Gasteiger partial charge in [0.1, 0.15) is 18.0 Å². The average molecular weight is 316 g/mol. The highest BCUT2D eigenvalue weighted by molar-refractivity contribution is 5.47. The number of benzene rings is 3. The van der Waals surface area contributed by atoms with Crippen molar-refractivity contribution in [2.45, 2.75) is 5.60 Å². The van der Waals surface area contributed by atoms with Crippen LogP contribution in [-0.4, -0.2) is 11.7 Å². The van der Waals surface area contributed by atoms with Crippen LogP contribution in [0, 0.1) is 0 Å². The lowest BCUT2D eigenvalue weighted by Gasteiger charge is -2.35. The highest BCUT2D eigenvalue weighted by Gasteiger charge is 2.37. The number of hydrogen-bond acceptors (Lipinski definition) is 2. The van der Waals surface area contributed by atoms with Gasteiger partial charge in [0.25, 0.3) is 0 Å². The van der Waals surface area contributed by atoms with Crippen LogP contribution in [0.15, 0.2) is 103 Å². The van der Waals surface area contributed by atoms with Crippen molar-refractivity contribution in [3.8, 4) is 0 Å². The number of aliphatic hydroxyl groups is 1. The van der Waals surface area contributed by atoms with Crippen molar-refractivity contribution in [2.24, 2.45) is 0 Å². The first-order chi connectivity index (χ1) is 11.7. The Morgan fingerprint density at radius 2 is 1.04 bits per heavy atom. The van der Waals surface area contributed by atoms with Gasteiger partial charge in [-0.1, -0.05) is 97.6 Å². The standard InChI is InChI=1S/C22H20O2/c1-18(23)17-24-22(19-11-5-2-6-12-19,20-13-7-3-8-14-20)21-15-9-4-10-16-21/h2-16,23H,1,17H2. The molecule has 0 saturated heterocycles. The van der Waals surface area contributed by atoms with Crippen LogP contribution in [0.3, 0.4) is 0 Å². The van der Waals surface area contributed by atoms with E-state index in [4.69, 9.17) is 4.74 Å². The van der Waals surface area contributed by atoms with Gasteiger partial charge in [-0.3, -0.25) is 0 Å². The Kier molecular flexibility index (Phi) is 4.78. The van der Waals surface area contributed by atoms with Gasteiger partial charge in [-0.2, -0.15) is 0 Å². The lowest BCUT2D eigenvalue weighted by atomic mass is 9.80. The van der Waals surface area contributed by atoms with Gasteiger partial charge in [0.05, 0.1) is 0 Å². The molecular weight excluding hydrogens is 296 g/mol. The first-order valence-electron chi connectivity index (χ1n) is 7.91. The Hall–Kier alpha value is -2.84. The monoisotopic (exact) mass is 316 g/mol. The molecule has 120 valence electrons. The van der Waals surface area contributed by atoms with Crippen LogP contribution in [0.2, 0.25) is 0 Å². The summed E-state index contributed by atoms with van der Waals surface area (Å²) in [5.74, 6) is 0.00201. The van der Waals surface area contributed by atoms with E-state index < -0.39 is 5.60 Å². The van der Waals surface area contributed by atoms with E-state index in [0.29, 0.717) is 0 Å². The van der Waals surface area contributed by atoms with Crippen molar-refractivity contribution < 1.29 is 9.84 Å². The topological polar surface area (TPSA) is 29.5 Å². The molecule has 0 aliphatic carbocycles. The molecule has 0 spiro atoms. The molecule has 0 heterocycles. The SMILES string of the molecule is C=C(O)COC(c1ccccc1)(c1ccccc1)c1ccccc1. The molecule has 2 nitrogen and oxygen atoms in total. The van der Waals surface area contributed by atoms with Gasteiger partial charge in [0.2, 0.25) is 0 Å². The minimum Gasteiger partial charge on any atom is -0.510 e. The van der Waals surface area contributed by atoms with E-state index in [1.807, 2.05) is 91.0 Å². The summed E-state index contributed by atoms with van der Waals surface area (Å²) in [6.45, 7) is 3.62. The summed E-state index contributed by atoms with van der Waals surface area (Å²) in [7, 11) is 0. The maximum absolute atomic E-state index is 9.64. The van der Waals surface area contributed by atoms with Crippen LogP contribution in [0.1, 0.15) is 16.7 Å². The van der Waals surface area contributed by atoms with E-state index in [9.17, 15) is 5.11 Å². The van der Waals surface area contributed by atoms with Crippen molar-refractivity contribution in [2.75, 3.05) is 6.61 Å². The lowest BCUT2D eigenvalue weighted by Crippen LogP contribution is -2.33. The Balaban J connectivity index is 2.26. The molecule has 3 aromatic rings. The molecule has 0 saturated carbocycles. The molecule has 24 heavy (non-hydrogen) atoms. The molecule has 0 aliphatic heterocycles. The van der Waals surface area contributed by atoms with Crippen LogP contribution < -0.4 is 0 Å². The second kappa shape index (κ2) is 7.16. The molecule has 0 bridgehead atoms. The molecule has 0 amide bonds. The zero-order valence-electron chi connectivity index (χ0n) is 13.4. The third-order valence-electron chi connectivity index (χ3n) is 4.00. The van der Waals surface area contributed by atoms with E-state index >= 15 is 0 Å². The molecule has 2 heteroatoms. The van der Waals surface area contributed by atoms with Crippen molar-refractivity contribution in [3.05, 3.63) is 120 Å². The molecule has 0 atom stereocenters. The molecule has 3 rings (SSSR count). The van der Waals surface area contributed by atoms with Crippen molar-refractivity contribution in [1.82, 2.24) is 0 Å². The van der Waals surface area contributed by atoms with Gasteiger partial charge in [-0.25, -0.2) is 0 Å². The molecule has 0 radical (unpaired) electrons. The maximum Gasteiger partial charge on any atom is 0.144 e. The van der Waals surface area contributed by atoms with E-state index in [1.165, 1.54) is 0 Å². The van der Waals surface area contributed by atoms with E-state index in [2.05, 4.69) is 6.58 Å². The van der Waals surface area contributed by atoms with Crippen LogP contribution in [0.25, 0.3) is 0 Å². The fraction of sp³-hybridized carbons (Fsp3) is 0.0909. The van der Waals surface area contributed by atoms with Crippen LogP contribution in [0.5, 0.6) is 0 Å². The van der Waals surface area contributed by atoms with Gasteiger partial charge in [0, 0.05) is 0 Å². The largest absolute Gasteiger partial charge is 0.510 e. The van der Waals surface area contributed by atoms with Crippen LogP contribution in [0.4, 0.5) is 0 Å². The average Bonchev–Trinajstić information content (AvgIpc) is 2.65. The third-order valence-corrected chi connectivity index (χ3v) is 4.00. The number of aliphatic hydroxyl groups excluding tert-OH is 1. The fourth-order valence-electron chi connectivity index (χ4n) is 2.96. The second-order valence-electron chi connectivity index (χ2n) is 5.63. The zero-order valence-corrected chi connectivity index (χ0v) is 13.4. The predicted octanol–water partition coefficient (Wildman–Crippen LogP) is 5.07. The minimum atomic E-state index is -0.810. The first kappa shape index (κ1) is 16.0. The summed E-state index contributed by atoms with van der Waals surface area (Å²) >= 11 is 0. The van der Waals surface area contributed by atoms with Crippen molar-refractivity contribution >= 4 is 0 Å². The predicted molar refractivity (Wildman–Crippen MR) is 96.9 cm³/mol. The number of rotatable bonds is 6. The molecule has 1 N–H and O–H groups in total. The Morgan fingerprint density at radius 3 is 1.33 bits per heavy atom. The summed E-state index contributed by atoms with van der Waals surface area (Å²) < 4.78 is 6.30. The number of hydrogen-bond donors (Lipinski definition) is 1. The van der Waals surface area contributed by atoms with Gasteiger partial charge in [-0.15, -0.1) is 0 Å². The fourth-order valence-corrected chi connectivity index (χ4v) is 2.96. The Morgan fingerprint density at radius 1 is 0.708 bits per heavy atom. The van der Waals surface area contributed by atoms with Gasteiger partial charge in [0.15, 0.2) is 0 Å². The molecule has 0 aromatic heterocycles. The smallest absolute Gasteiger partial charge is 0.144 e. The molecule has 0 fully saturated rings. The highest BCUT2D eigenvalue weighted by Crippen LogP contribution is 2.40. The van der Waals surface area contributed by atoms with Gasteiger partial charge >= 0.3 is 0 Å². The zero-order chi connectivity index (χ0) is 16.8. The van der Waals surface area contributed by atoms with Crippen molar-refractivity contribution in [3.63, 3.8) is 0 Å². The molecule has 0 unspecified atom stereocenters. The summed E-state index contributed by atoms with van der Waals surface area (Å²) in [6, 6.07) is 30.2. The molecule has 0 aliphatic rings. The van der Waals surface area contributed by atoms with Gasteiger partial charge < -0.3 is 9.84 Å². The summed E-state index contributed by atoms with van der Waals surface area (Å²) in [4.78, 5) is 0. The molecule has 3 aromatic carbocycles. The summed E-state index contributed by atoms with van der Waals surface area (Å²) in [5.41, 5.74) is 2.20. The third kappa shape index (κ3) is 3.10. The van der Waals surface area contributed by atoms with E-state index in [1.54, 1.807) is 0 Å². The quantitative estimate of drug-likeness (QED) is 0.508. The Bertz CT molecular complexity index is 683. The van der Waals surface area contributed by atoms with E-state index in [-0.39, 0.29) is 12.4 Å². The normalized spacial score (nSPS) is 11.2. The summed E-state index contributed by atoms with van der Waals surface area (Å²) in [5, 5.41) is 9.64. The highest BCUT2D eigenvalue weighted by atomic mass is 16.5. The minimum absolute atomic E-state index is 0.00201. The maximum atomic E-state index is 9.64. The van der Waals surface area contributed by atoms with Gasteiger partial charge in [-0.05, 0) is 16.7 Å². The Labute approximate surface area is 142 Å². The van der Waals surface area contributed by atoms with Crippen LogP contribution in [-0.2, 0) is 10.3 Å². The van der Waals surface area contributed by atoms with Crippen LogP contribution >= 0.6 is 0 Å². The van der Waals surface area contributed by atoms with Crippen molar-refractivity contribution in [1.29, 1.82) is 0 Å². The van der Waals surface area contributed by atoms with E-state index in [0.717, 1.165) is 16.7 Å². The number of ether oxygens (including phenoxy) is 1.